The maximum atomic E-state index is 10.7. The Balaban J connectivity index is 2.04. The summed E-state index contributed by atoms with van der Waals surface area (Å²) in [5.74, 6) is 1.55. The Bertz CT molecular complexity index is 651. The van der Waals surface area contributed by atoms with Crippen LogP contribution in [0.4, 0.5) is 0 Å². The Morgan fingerprint density at radius 3 is 3.00 bits per heavy atom. The second-order valence-electron chi connectivity index (χ2n) is 5.35. The Hall–Kier alpha value is -2.01. The summed E-state index contributed by atoms with van der Waals surface area (Å²) in [7, 11) is 1.81. The van der Waals surface area contributed by atoms with Crippen molar-refractivity contribution in [1.82, 2.24) is 9.78 Å². The van der Waals surface area contributed by atoms with Crippen LogP contribution in [0, 0.1) is 0 Å². The van der Waals surface area contributed by atoms with E-state index >= 15 is 0 Å². The molecule has 112 valence electrons. The molecular weight excluding hydrogens is 268 g/mol. The number of rotatable bonds is 4. The van der Waals surface area contributed by atoms with Crippen LogP contribution < -0.4 is 9.47 Å². The predicted octanol–water partition coefficient (Wildman–Crippen LogP) is 2.22. The van der Waals surface area contributed by atoms with E-state index in [-0.39, 0.29) is 6.10 Å². The fourth-order valence-electron chi connectivity index (χ4n) is 2.76. The van der Waals surface area contributed by atoms with Gasteiger partial charge in [-0.2, -0.15) is 5.10 Å². The van der Waals surface area contributed by atoms with Gasteiger partial charge in [0.1, 0.15) is 23.7 Å². The Morgan fingerprint density at radius 2 is 2.33 bits per heavy atom. The zero-order valence-corrected chi connectivity index (χ0v) is 12.5. The van der Waals surface area contributed by atoms with Gasteiger partial charge in [-0.1, -0.05) is 0 Å². The normalized spacial score (nSPS) is 18.2. The largest absolute Gasteiger partial charge is 0.493 e. The standard InChI is InChI=1S/C16H20N2O3/c1-4-20-15-8-11-7-10(2)21-14(11)9-12(15)16(19)13-5-6-17-18(13)3/h5-6,8-10,16,19H,4,7H2,1-3H3. The van der Waals surface area contributed by atoms with E-state index in [1.165, 1.54) is 0 Å². The molecular formula is C16H20N2O3. The minimum Gasteiger partial charge on any atom is -0.493 e. The first-order valence-electron chi connectivity index (χ1n) is 7.22. The van der Waals surface area contributed by atoms with Gasteiger partial charge in [0.15, 0.2) is 0 Å². The molecule has 0 amide bonds. The van der Waals surface area contributed by atoms with Crippen molar-refractivity contribution in [3.63, 3.8) is 0 Å². The molecule has 3 rings (SSSR count). The van der Waals surface area contributed by atoms with Gasteiger partial charge in [0.25, 0.3) is 0 Å². The second-order valence-corrected chi connectivity index (χ2v) is 5.35. The molecule has 0 saturated heterocycles. The van der Waals surface area contributed by atoms with Crippen molar-refractivity contribution in [2.75, 3.05) is 6.61 Å². The molecule has 1 aromatic carbocycles. The number of hydrogen-bond donors (Lipinski definition) is 1. The highest BCUT2D eigenvalue weighted by molar-refractivity contribution is 5.51. The number of ether oxygens (including phenoxy) is 2. The van der Waals surface area contributed by atoms with Crippen LogP contribution in [-0.2, 0) is 13.5 Å². The summed E-state index contributed by atoms with van der Waals surface area (Å²) in [5, 5.41) is 14.8. The lowest BCUT2D eigenvalue weighted by atomic mass is 10.0. The van der Waals surface area contributed by atoms with E-state index in [9.17, 15) is 5.11 Å². The lowest BCUT2D eigenvalue weighted by Gasteiger charge is -2.17. The molecule has 0 aliphatic carbocycles. The summed E-state index contributed by atoms with van der Waals surface area (Å²) in [4.78, 5) is 0. The van der Waals surface area contributed by atoms with E-state index < -0.39 is 6.10 Å². The first-order chi connectivity index (χ1) is 10.1. The molecule has 0 spiro atoms. The summed E-state index contributed by atoms with van der Waals surface area (Å²) in [6.45, 7) is 4.53. The van der Waals surface area contributed by atoms with E-state index in [0.29, 0.717) is 17.9 Å². The van der Waals surface area contributed by atoms with Gasteiger partial charge in [-0.25, -0.2) is 0 Å². The molecule has 2 heterocycles. The summed E-state index contributed by atoms with van der Waals surface area (Å²) in [5.41, 5.74) is 2.57. The second kappa shape index (κ2) is 5.41. The molecule has 0 radical (unpaired) electrons. The Morgan fingerprint density at radius 1 is 1.52 bits per heavy atom. The van der Waals surface area contributed by atoms with Crippen molar-refractivity contribution in [2.24, 2.45) is 7.05 Å². The van der Waals surface area contributed by atoms with Crippen LogP contribution in [-0.4, -0.2) is 27.6 Å². The third-order valence-corrected chi connectivity index (χ3v) is 3.76. The van der Waals surface area contributed by atoms with Crippen LogP contribution in [0.25, 0.3) is 0 Å². The SMILES string of the molecule is CCOc1cc2c(cc1C(O)c1ccnn1C)OC(C)C2. The van der Waals surface area contributed by atoms with E-state index in [1.54, 1.807) is 16.9 Å². The number of hydrogen-bond acceptors (Lipinski definition) is 4. The number of nitrogens with zero attached hydrogens (tertiary/aromatic N) is 2. The summed E-state index contributed by atoms with van der Waals surface area (Å²) in [6.07, 6.45) is 1.92. The lowest BCUT2D eigenvalue weighted by Crippen LogP contribution is -2.09. The molecule has 5 heteroatoms. The van der Waals surface area contributed by atoms with Gasteiger partial charge >= 0.3 is 0 Å². The maximum Gasteiger partial charge on any atom is 0.126 e. The molecule has 1 N–H and O–H groups in total. The quantitative estimate of drug-likeness (QED) is 0.937. The van der Waals surface area contributed by atoms with Crippen LogP contribution >= 0.6 is 0 Å². The number of benzene rings is 1. The van der Waals surface area contributed by atoms with Crippen LogP contribution in [0.1, 0.15) is 36.8 Å². The van der Waals surface area contributed by atoms with Crippen molar-refractivity contribution in [1.29, 1.82) is 0 Å². The molecule has 1 aliphatic rings. The Kier molecular flexibility index (Phi) is 3.59. The minimum absolute atomic E-state index is 0.165. The van der Waals surface area contributed by atoms with Gasteiger partial charge in [-0.15, -0.1) is 0 Å². The molecule has 21 heavy (non-hydrogen) atoms. The molecule has 1 aromatic heterocycles. The van der Waals surface area contributed by atoms with Gasteiger partial charge in [0.05, 0.1) is 12.3 Å². The van der Waals surface area contributed by atoms with Crippen molar-refractivity contribution in [3.05, 3.63) is 41.2 Å². The Labute approximate surface area is 124 Å². The van der Waals surface area contributed by atoms with Crippen molar-refractivity contribution >= 4 is 0 Å². The predicted molar refractivity (Wildman–Crippen MR) is 78.7 cm³/mol. The highest BCUT2D eigenvalue weighted by atomic mass is 16.5. The highest BCUT2D eigenvalue weighted by Gasteiger charge is 2.26. The molecule has 5 nitrogen and oxygen atoms in total. The monoisotopic (exact) mass is 288 g/mol. The average molecular weight is 288 g/mol. The molecule has 2 aromatic rings. The molecule has 0 fully saturated rings. The van der Waals surface area contributed by atoms with Gasteiger partial charge in [-0.3, -0.25) is 4.68 Å². The molecule has 0 saturated carbocycles. The van der Waals surface area contributed by atoms with Crippen LogP contribution in [0.3, 0.4) is 0 Å². The zero-order valence-electron chi connectivity index (χ0n) is 12.5. The average Bonchev–Trinajstić information content (AvgIpc) is 3.02. The van der Waals surface area contributed by atoms with E-state index in [1.807, 2.05) is 33.0 Å². The fraction of sp³-hybridized carbons (Fsp3) is 0.438. The number of fused-ring (bicyclic) bond motifs is 1. The summed E-state index contributed by atoms with van der Waals surface area (Å²) < 4.78 is 13.2. The first-order valence-corrected chi connectivity index (χ1v) is 7.22. The van der Waals surface area contributed by atoms with E-state index in [4.69, 9.17) is 9.47 Å². The molecule has 1 aliphatic heterocycles. The number of aliphatic hydroxyl groups excluding tert-OH is 1. The van der Waals surface area contributed by atoms with Crippen LogP contribution in [0.2, 0.25) is 0 Å². The topological polar surface area (TPSA) is 56.5 Å². The van der Waals surface area contributed by atoms with Gasteiger partial charge in [0.2, 0.25) is 0 Å². The van der Waals surface area contributed by atoms with Gasteiger partial charge in [0, 0.05) is 30.8 Å². The van der Waals surface area contributed by atoms with E-state index in [0.717, 1.165) is 23.4 Å². The van der Waals surface area contributed by atoms with Gasteiger partial charge < -0.3 is 14.6 Å². The van der Waals surface area contributed by atoms with Crippen LogP contribution in [0.15, 0.2) is 24.4 Å². The maximum absolute atomic E-state index is 10.7. The van der Waals surface area contributed by atoms with Crippen LogP contribution in [0.5, 0.6) is 11.5 Å². The fourth-order valence-corrected chi connectivity index (χ4v) is 2.76. The summed E-state index contributed by atoms with van der Waals surface area (Å²) >= 11 is 0. The van der Waals surface area contributed by atoms with E-state index in [2.05, 4.69) is 5.10 Å². The molecule has 2 unspecified atom stereocenters. The van der Waals surface area contributed by atoms with Crippen molar-refractivity contribution < 1.29 is 14.6 Å². The smallest absolute Gasteiger partial charge is 0.126 e. The van der Waals surface area contributed by atoms with Crippen molar-refractivity contribution in [3.8, 4) is 11.5 Å². The molecule has 0 bridgehead atoms. The number of aryl methyl sites for hydroxylation is 1. The van der Waals surface area contributed by atoms with Gasteiger partial charge in [-0.05, 0) is 32.0 Å². The highest BCUT2D eigenvalue weighted by Crippen LogP contribution is 2.39. The summed E-state index contributed by atoms with van der Waals surface area (Å²) in [6, 6.07) is 5.68. The molecule has 2 atom stereocenters. The zero-order chi connectivity index (χ0) is 15.0. The third-order valence-electron chi connectivity index (χ3n) is 3.76. The lowest BCUT2D eigenvalue weighted by molar-refractivity contribution is 0.201. The first kappa shape index (κ1) is 13.9. The third kappa shape index (κ3) is 2.49. The number of aliphatic hydroxyl groups is 1. The minimum atomic E-state index is -0.788. The number of aromatic nitrogens is 2. The van der Waals surface area contributed by atoms with Crippen molar-refractivity contribution in [2.45, 2.75) is 32.5 Å².